The molecule has 0 aliphatic heterocycles. The number of methoxy groups -OCH3 is 1. The summed E-state index contributed by atoms with van der Waals surface area (Å²) in [4.78, 5) is 50.1. The molecule has 0 spiro atoms. The van der Waals surface area contributed by atoms with E-state index in [1.54, 1.807) is 9.97 Å². The summed E-state index contributed by atoms with van der Waals surface area (Å²) in [6.45, 7) is 0. The van der Waals surface area contributed by atoms with Crippen LogP contribution >= 0.6 is 93.7 Å². The van der Waals surface area contributed by atoms with Crippen LogP contribution in [0.25, 0.3) is 11.4 Å². The van der Waals surface area contributed by atoms with Gasteiger partial charge >= 0.3 is 14.6 Å². The van der Waals surface area contributed by atoms with Crippen molar-refractivity contribution >= 4 is 117 Å². The number of aliphatic hydroxyl groups is 2. The molecule has 75 heavy (non-hydrogen) atoms. The number of aromatic amines is 2. The van der Waals surface area contributed by atoms with Gasteiger partial charge in [-0.25, -0.2) is 44.0 Å². The van der Waals surface area contributed by atoms with Crippen LogP contribution in [-0.4, -0.2) is 94.7 Å². The van der Waals surface area contributed by atoms with Crippen molar-refractivity contribution in [2.24, 2.45) is 0 Å². The third-order valence-corrected chi connectivity index (χ3v) is 16.2. The van der Waals surface area contributed by atoms with Crippen LogP contribution in [0.15, 0.2) is 89.6 Å². The minimum absolute atomic E-state index is 0.0325. The molecular weight excluding hydrogens is 1330 g/mol. The fourth-order valence-corrected chi connectivity index (χ4v) is 12.0. The largest absolute Gasteiger partial charge is 0.507 e. The fraction of sp³-hybridized carbons (Fsp3) is 0.268. The van der Waals surface area contributed by atoms with E-state index in [2.05, 4.69) is 57.5 Å². The first-order valence-electron chi connectivity index (χ1n) is 20.7. The van der Waals surface area contributed by atoms with Gasteiger partial charge in [0.25, 0.3) is 24.0 Å². The molecule has 0 saturated heterocycles. The van der Waals surface area contributed by atoms with Gasteiger partial charge in [-0.2, -0.15) is 19.6 Å². The predicted octanol–water partition coefficient (Wildman–Crippen LogP) is 8.38. The third kappa shape index (κ3) is 13.8. The molecule has 34 heteroatoms. The molecule has 0 atom stereocenters. The maximum Gasteiger partial charge on any atom is 0.369 e. The number of hydrogen-bond acceptors (Lipinski definition) is 16. The average molecular weight is 1370 g/mol. The van der Waals surface area contributed by atoms with Crippen LogP contribution in [-0.2, 0) is 19.7 Å². The molecule has 402 valence electrons. The van der Waals surface area contributed by atoms with E-state index >= 15 is 0 Å². The Morgan fingerprint density at radius 3 is 1.33 bits per heavy atom. The SMILES string of the molecule is BrB(Br)Br.COc1ccc(Oc2c(Cl)cc(-n3nc(C(F)F)c(=O)[nH]c3=O)cc2Cl)cc1S(=O)(=O)C1CC(O)C1.O=c1[nH]c(=O)n(-c2cc(Cl)c(Oc3ccc(O)c(S(=O)(=O)C4CC(O)C4)c3)c(Cl)c2)nc1C(F)F. The van der Waals surface area contributed by atoms with Crippen molar-refractivity contribution in [1.29, 1.82) is 0 Å². The van der Waals surface area contributed by atoms with Crippen molar-refractivity contribution < 1.29 is 63.9 Å². The lowest BCUT2D eigenvalue weighted by Gasteiger charge is -2.31. The lowest BCUT2D eigenvalue weighted by atomic mass is 9.96. The number of aromatic nitrogens is 6. The number of phenolic OH excluding ortho intramolecular Hbond substituents is 1. The van der Waals surface area contributed by atoms with E-state index in [4.69, 9.17) is 60.6 Å². The van der Waals surface area contributed by atoms with Crippen molar-refractivity contribution in [3.8, 4) is 45.9 Å². The molecule has 2 aromatic heterocycles. The van der Waals surface area contributed by atoms with Crippen LogP contribution in [0, 0.1) is 0 Å². The summed E-state index contributed by atoms with van der Waals surface area (Å²) >= 11 is 34.3. The number of phenols is 1. The Hall–Kier alpha value is -4.50. The number of sulfone groups is 2. The highest BCUT2D eigenvalue weighted by Crippen LogP contribution is 2.44. The number of ether oxygens (including phenoxy) is 3. The lowest BCUT2D eigenvalue weighted by Crippen LogP contribution is -2.39. The number of rotatable bonds is 13. The topological polar surface area (TPSA) is 292 Å². The summed E-state index contributed by atoms with van der Waals surface area (Å²) in [6.07, 6.45) is -7.63. The molecule has 0 amide bonds. The highest BCUT2D eigenvalue weighted by Gasteiger charge is 2.41. The van der Waals surface area contributed by atoms with Gasteiger partial charge in [0.15, 0.2) is 42.6 Å². The first kappa shape index (κ1) is 59.7. The van der Waals surface area contributed by atoms with Gasteiger partial charge in [-0.1, -0.05) is 46.4 Å². The molecule has 2 aliphatic rings. The van der Waals surface area contributed by atoms with Crippen LogP contribution in [0.2, 0.25) is 20.1 Å². The van der Waals surface area contributed by atoms with Gasteiger partial charge in [-0.3, -0.25) is 19.6 Å². The second-order valence-corrected chi connectivity index (χ2v) is 28.1. The van der Waals surface area contributed by atoms with E-state index in [1.807, 2.05) is 0 Å². The zero-order valence-electron chi connectivity index (χ0n) is 37.2. The molecule has 2 fully saturated rings. The Morgan fingerprint density at radius 2 is 0.987 bits per heavy atom. The van der Waals surface area contributed by atoms with E-state index in [-0.39, 0.29) is 94.0 Å². The summed E-state index contributed by atoms with van der Waals surface area (Å²) in [5.41, 5.74) is -7.54. The number of aromatic hydroxyl groups is 1. The van der Waals surface area contributed by atoms with Gasteiger partial charge in [-0.05, 0) is 74.2 Å². The second-order valence-electron chi connectivity index (χ2n) is 15.7. The monoisotopic (exact) mass is 1360 g/mol. The van der Waals surface area contributed by atoms with Gasteiger partial charge in [0.1, 0.15) is 32.8 Å². The van der Waals surface area contributed by atoms with Crippen LogP contribution in [0.4, 0.5) is 17.6 Å². The molecule has 2 saturated carbocycles. The molecule has 8 rings (SSSR count). The molecule has 5 N–H and O–H groups in total. The minimum Gasteiger partial charge on any atom is -0.507 e. The number of aliphatic hydroxyl groups excluding tert-OH is 2. The zero-order chi connectivity index (χ0) is 55.6. The van der Waals surface area contributed by atoms with Gasteiger partial charge in [-0.15, -0.1) is 47.3 Å². The molecule has 20 nitrogen and oxygen atoms in total. The summed E-state index contributed by atoms with van der Waals surface area (Å²) in [5, 5.41) is 33.4. The quantitative estimate of drug-likeness (QED) is 0.0536. The highest BCUT2D eigenvalue weighted by atomic mass is 79.9. The van der Waals surface area contributed by atoms with E-state index in [9.17, 15) is 68.9 Å². The summed E-state index contributed by atoms with van der Waals surface area (Å²) < 4.78 is 121. The minimum atomic E-state index is -3.96. The first-order valence-corrected chi connectivity index (χ1v) is 28.0. The Balaban J connectivity index is 0.000000228. The van der Waals surface area contributed by atoms with Crippen LogP contribution in [0.5, 0.6) is 34.5 Å². The number of halogens is 11. The van der Waals surface area contributed by atoms with Gasteiger partial charge in [0, 0.05) is 12.1 Å². The molecule has 0 bridgehead atoms. The normalized spacial score (nSPS) is 17.2. The standard InChI is InChI=1S/C21H17Cl2F2N3O7S.C20H15Cl2F2N3O7S.BBr3/c1-34-15-3-2-11(8-16(15)36(32,33)12-6-10(29)7-12)35-18-13(22)4-9(5-14(18)23)28-21(31)26-20(30)17(27-28)19(24)25;21-12-3-8(27-20(31)25-19(30)16(26-27)18(23)24)4-13(22)17(12)34-10-1-2-14(29)15(7-10)35(32,33)11-5-9(28)6-11;2-1(3)4/h2-5,8,10,12,19,29H,6-7H2,1H3,(H,26,30,31);1-4,7,9,11,18,28-29H,5-6H2,(H,25,30,31);. The number of benzene rings is 4. The Kier molecular flexibility index (Phi) is 19.5. The maximum absolute atomic E-state index is 13.1. The van der Waals surface area contributed by atoms with Crippen LogP contribution in [0.3, 0.4) is 0 Å². The first-order chi connectivity index (χ1) is 35.0. The summed E-state index contributed by atoms with van der Waals surface area (Å²) in [5.74, 6) is -0.750. The van der Waals surface area contributed by atoms with Crippen molar-refractivity contribution in [2.45, 2.75) is 71.0 Å². The number of H-pyrrole nitrogens is 2. The zero-order valence-corrected chi connectivity index (χ0v) is 46.7. The van der Waals surface area contributed by atoms with Gasteiger partial charge in [0.05, 0.1) is 61.3 Å². The molecule has 2 aliphatic carbocycles. The molecular formula is C41H32BBr3Cl4F4N6O14S2. The van der Waals surface area contributed by atoms with Crippen LogP contribution < -0.4 is 36.7 Å². The number of hydrogen-bond donors (Lipinski definition) is 5. The van der Waals surface area contributed by atoms with Gasteiger partial charge < -0.3 is 29.5 Å². The van der Waals surface area contributed by atoms with E-state index in [1.165, 1.54) is 31.4 Å². The molecule has 0 unspecified atom stereocenters. The Bertz CT molecular complexity index is 3580. The fourth-order valence-electron chi connectivity index (χ4n) is 6.90. The van der Waals surface area contributed by atoms with Crippen LogP contribution in [0.1, 0.15) is 49.9 Å². The molecule has 4 aromatic carbocycles. The smallest absolute Gasteiger partial charge is 0.369 e. The number of nitrogens with one attached hydrogen (secondary N) is 2. The van der Waals surface area contributed by atoms with Gasteiger partial charge in [0.2, 0.25) is 0 Å². The average Bonchev–Trinajstić information content (AvgIpc) is 3.29. The van der Waals surface area contributed by atoms with Crippen molar-refractivity contribution in [3.63, 3.8) is 0 Å². The molecule has 0 radical (unpaired) electrons. The third-order valence-electron chi connectivity index (χ3n) is 10.7. The molecule has 6 aromatic rings. The Morgan fingerprint density at radius 1 is 0.640 bits per heavy atom. The Labute approximate surface area is 464 Å². The number of nitrogens with zero attached hydrogens (tertiary/aromatic N) is 4. The lowest BCUT2D eigenvalue weighted by molar-refractivity contribution is 0.0974. The summed E-state index contributed by atoms with van der Waals surface area (Å²) in [7, 11) is -6.49. The molecule has 2 heterocycles. The predicted molar refractivity (Wildman–Crippen MR) is 277 cm³/mol. The van der Waals surface area contributed by atoms with E-state index < -0.39 is 99.8 Å². The van der Waals surface area contributed by atoms with E-state index in [0.717, 1.165) is 36.4 Å². The number of alkyl halides is 4. The van der Waals surface area contributed by atoms with Crippen molar-refractivity contribution in [2.75, 3.05) is 7.11 Å². The second kappa shape index (κ2) is 24.4. The summed E-state index contributed by atoms with van der Waals surface area (Å²) in [6, 6.07) is 11.9. The highest BCUT2D eigenvalue weighted by molar-refractivity contribution is 9.69. The van der Waals surface area contributed by atoms with Crippen molar-refractivity contribution in [3.05, 3.63) is 134 Å². The maximum atomic E-state index is 13.1. The van der Waals surface area contributed by atoms with Crippen molar-refractivity contribution in [1.82, 2.24) is 29.5 Å². The van der Waals surface area contributed by atoms with E-state index in [0.29, 0.717) is 9.36 Å².